The maximum absolute atomic E-state index is 12.1. The third-order valence-corrected chi connectivity index (χ3v) is 2.67. The summed E-state index contributed by atoms with van der Waals surface area (Å²) in [4.78, 5) is 24.8. The van der Waals surface area contributed by atoms with Gasteiger partial charge in [-0.15, -0.1) is 0 Å². The van der Waals surface area contributed by atoms with Crippen molar-refractivity contribution in [2.75, 3.05) is 33.3 Å². The van der Waals surface area contributed by atoms with Crippen LogP contribution < -0.4 is 9.64 Å². The van der Waals surface area contributed by atoms with Crippen LogP contribution in [0.2, 0.25) is 0 Å². The second kappa shape index (κ2) is 6.75. The number of hydrogen-bond donors (Lipinski definition) is 0. The number of hydrogen-bond acceptors (Lipinski definition) is 5. The lowest BCUT2D eigenvalue weighted by molar-refractivity contribution is -0.157. The maximum Gasteiger partial charge on any atom is 0.344 e. The molecular formula is C13H17NO5. The minimum atomic E-state index is -1.27. The minimum Gasteiger partial charge on any atom is -0.497 e. The summed E-state index contributed by atoms with van der Waals surface area (Å²) in [6.07, 6.45) is -1.27. The first kappa shape index (κ1) is 15.0. The van der Waals surface area contributed by atoms with E-state index in [2.05, 4.69) is 4.74 Å². The van der Waals surface area contributed by atoms with Crippen molar-refractivity contribution in [3.63, 3.8) is 0 Å². The van der Waals surface area contributed by atoms with Crippen molar-refractivity contribution >= 4 is 17.6 Å². The van der Waals surface area contributed by atoms with E-state index in [1.54, 1.807) is 38.4 Å². The molecule has 0 bridgehead atoms. The van der Waals surface area contributed by atoms with E-state index in [9.17, 15) is 9.59 Å². The molecule has 0 aliphatic heterocycles. The Kier molecular flexibility index (Phi) is 5.32. The molecule has 104 valence electrons. The van der Waals surface area contributed by atoms with Gasteiger partial charge in [0, 0.05) is 19.8 Å². The topological polar surface area (TPSA) is 65.1 Å². The second-order valence-electron chi connectivity index (χ2n) is 3.73. The highest BCUT2D eigenvalue weighted by Gasteiger charge is 2.30. The maximum atomic E-state index is 12.1. The lowest BCUT2D eigenvalue weighted by Crippen LogP contribution is -2.43. The summed E-state index contributed by atoms with van der Waals surface area (Å²) < 4.78 is 14.4. The van der Waals surface area contributed by atoms with Gasteiger partial charge in [-0.05, 0) is 24.3 Å². The largest absolute Gasteiger partial charge is 0.497 e. The average molecular weight is 267 g/mol. The quantitative estimate of drug-likeness (QED) is 0.584. The Labute approximate surface area is 111 Å². The van der Waals surface area contributed by atoms with Crippen LogP contribution in [-0.4, -0.2) is 46.4 Å². The number of anilines is 1. The van der Waals surface area contributed by atoms with Crippen LogP contribution in [0.15, 0.2) is 24.3 Å². The summed E-state index contributed by atoms with van der Waals surface area (Å²) in [5, 5.41) is 0. The van der Waals surface area contributed by atoms with Crippen molar-refractivity contribution in [3.8, 4) is 5.75 Å². The van der Waals surface area contributed by atoms with Crippen molar-refractivity contribution in [1.82, 2.24) is 0 Å². The van der Waals surface area contributed by atoms with Crippen LogP contribution >= 0.6 is 0 Å². The van der Waals surface area contributed by atoms with E-state index in [4.69, 9.17) is 9.47 Å². The van der Waals surface area contributed by atoms with Crippen LogP contribution in [0.4, 0.5) is 5.69 Å². The Hall–Kier alpha value is -2.08. The van der Waals surface area contributed by atoms with Gasteiger partial charge in [-0.1, -0.05) is 0 Å². The van der Waals surface area contributed by atoms with Crippen LogP contribution in [0.25, 0.3) is 0 Å². The summed E-state index contributed by atoms with van der Waals surface area (Å²) in [5.41, 5.74) is 0.622. The van der Waals surface area contributed by atoms with E-state index in [0.29, 0.717) is 11.4 Å². The number of ether oxygens (including phenoxy) is 3. The molecule has 1 unspecified atom stereocenters. The van der Waals surface area contributed by atoms with E-state index < -0.39 is 18.0 Å². The van der Waals surface area contributed by atoms with Gasteiger partial charge in [0.1, 0.15) is 5.75 Å². The Balaban J connectivity index is 2.88. The van der Waals surface area contributed by atoms with Gasteiger partial charge in [0.2, 0.25) is 6.10 Å². The molecule has 1 amide bonds. The highest BCUT2D eigenvalue weighted by molar-refractivity contribution is 6.08. The molecule has 0 fully saturated rings. The van der Waals surface area contributed by atoms with Crippen LogP contribution in [0.3, 0.4) is 0 Å². The molecule has 1 aromatic carbocycles. The van der Waals surface area contributed by atoms with Crippen LogP contribution in [-0.2, 0) is 19.1 Å². The third-order valence-electron chi connectivity index (χ3n) is 2.67. The molecule has 6 heteroatoms. The summed E-state index contributed by atoms with van der Waals surface area (Å²) in [7, 11) is 5.59. The Morgan fingerprint density at radius 1 is 1.11 bits per heavy atom. The number of carbonyl (C=O) groups is 2. The van der Waals surface area contributed by atoms with E-state index in [1.807, 2.05) is 0 Å². The zero-order valence-electron chi connectivity index (χ0n) is 11.4. The molecule has 1 atom stereocenters. The van der Waals surface area contributed by atoms with Gasteiger partial charge < -0.3 is 19.1 Å². The van der Waals surface area contributed by atoms with Crippen molar-refractivity contribution in [1.29, 1.82) is 0 Å². The Bertz CT molecular complexity index is 443. The predicted octanol–water partition coefficient (Wildman–Crippen LogP) is 0.846. The molecule has 0 heterocycles. The minimum absolute atomic E-state index is 0.500. The number of esters is 1. The standard InChI is InChI=1S/C13H17NO5/c1-14(9-5-7-10(17-2)8-6-9)12(15)11(18-3)13(16)19-4/h5-8,11H,1-4H3. The molecule has 1 aromatic rings. The molecular weight excluding hydrogens is 250 g/mol. The fraction of sp³-hybridized carbons (Fsp3) is 0.385. The lowest BCUT2D eigenvalue weighted by Gasteiger charge is -2.21. The number of likely N-dealkylation sites (N-methyl/N-ethyl adjacent to an activating group) is 1. The molecule has 0 N–H and O–H groups in total. The number of carbonyl (C=O) groups excluding carboxylic acids is 2. The van der Waals surface area contributed by atoms with Crippen molar-refractivity contribution in [3.05, 3.63) is 24.3 Å². The molecule has 0 saturated carbocycles. The summed E-state index contributed by atoms with van der Waals surface area (Å²) in [6, 6.07) is 6.86. The molecule has 6 nitrogen and oxygen atoms in total. The van der Waals surface area contributed by atoms with Gasteiger partial charge >= 0.3 is 5.97 Å². The third kappa shape index (κ3) is 3.45. The van der Waals surface area contributed by atoms with E-state index in [1.165, 1.54) is 19.1 Å². The molecule has 0 aliphatic rings. The molecule has 19 heavy (non-hydrogen) atoms. The van der Waals surface area contributed by atoms with Crippen molar-refractivity contribution in [2.45, 2.75) is 6.10 Å². The number of amides is 1. The summed E-state index contributed by atoms with van der Waals surface area (Å²) in [5.74, 6) is -0.548. The van der Waals surface area contributed by atoms with E-state index >= 15 is 0 Å². The average Bonchev–Trinajstić information content (AvgIpc) is 2.46. The van der Waals surface area contributed by atoms with Crippen molar-refractivity contribution < 1.29 is 23.8 Å². The van der Waals surface area contributed by atoms with E-state index in [-0.39, 0.29) is 0 Å². The predicted molar refractivity (Wildman–Crippen MR) is 69.2 cm³/mol. The molecule has 0 radical (unpaired) electrons. The SMILES string of the molecule is COC(=O)C(OC)C(=O)N(C)c1ccc(OC)cc1. The van der Waals surface area contributed by atoms with Crippen LogP contribution in [0, 0.1) is 0 Å². The smallest absolute Gasteiger partial charge is 0.344 e. The normalized spacial score (nSPS) is 11.6. The van der Waals surface area contributed by atoms with Crippen LogP contribution in [0.5, 0.6) is 5.75 Å². The van der Waals surface area contributed by atoms with Gasteiger partial charge in [0.15, 0.2) is 0 Å². The second-order valence-corrected chi connectivity index (χ2v) is 3.73. The Morgan fingerprint density at radius 2 is 1.68 bits per heavy atom. The monoisotopic (exact) mass is 267 g/mol. The summed E-state index contributed by atoms with van der Waals surface area (Å²) >= 11 is 0. The zero-order valence-corrected chi connectivity index (χ0v) is 11.4. The van der Waals surface area contributed by atoms with Gasteiger partial charge in [-0.3, -0.25) is 4.79 Å². The zero-order chi connectivity index (χ0) is 14.4. The summed E-state index contributed by atoms with van der Waals surface area (Å²) in [6.45, 7) is 0. The fourth-order valence-corrected chi connectivity index (χ4v) is 1.51. The number of rotatable bonds is 5. The van der Waals surface area contributed by atoms with Gasteiger partial charge in [0.05, 0.1) is 14.2 Å². The fourth-order valence-electron chi connectivity index (χ4n) is 1.51. The lowest BCUT2D eigenvalue weighted by atomic mass is 10.2. The number of nitrogens with zero attached hydrogens (tertiary/aromatic N) is 1. The first-order valence-corrected chi connectivity index (χ1v) is 5.57. The number of benzene rings is 1. The first-order valence-electron chi connectivity index (χ1n) is 5.57. The van der Waals surface area contributed by atoms with Gasteiger partial charge in [0.25, 0.3) is 5.91 Å². The van der Waals surface area contributed by atoms with E-state index in [0.717, 1.165) is 0 Å². The Morgan fingerprint density at radius 3 is 2.11 bits per heavy atom. The molecule has 1 rings (SSSR count). The van der Waals surface area contributed by atoms with Gasteiger partial charge in [-0.2, -0.15) is 0 Å². The highest BCUT2D eigenvalue weighted by atomic mass is 16.6. The van der Waals surface area contributed by atoms with Crippen molar-refractivity contribution in [2.24, 2.45) is 0 Å². The highest BCUT2D eigenvalue weighted by Crippen LogP contribution is 2.19. The van der Waals surface area contributed by atoms with Gasteiger partial charge in [-0.25, -0.2) is 4.79 Å². The number of methoxy groups -OCH3 is 3. The molecule has 0 spiro atoms. The molecule has 0 aromatic heterocycles. The van der Waals surface area contributed by atoms with Crippen LogP contribution in [0.1, 0.15) is 0 Å². The molecule has 0 saturated heterocycles. The molecule has 0 aliphatic carbocycles. The first-order chi connectivity index (χ1) is 9.04.